The molecular weight excluding hydrogens is 286 g/mol. The molecule has 2 N–H and O–H groups in total. The van der Waals surface area contributed by atoms with E-state index in [0.29, 0.717) is 11.4 Å². The Morgan fingerprint density at radius 2 is 2.00 bits per heavy atom. The predicted octanol–water partition coefficient (Wildman–Crippen LogP) is 1.01. The molecule has 0 amide bonds. The van der Waals surface area contributed by atoms with Crippen LogP contribution in [-0.4, -0.2) is 46.5 Å². The largest absolute Gasteiger partial charge is 0.316 e. The van der Waals surface area contributed by atoms with Gasteiger partial charge in [-0.05, 0) is 63.7 Å². The monoisotopic (exact) mass is 311 g/mol. The number of rotatable bonds is 5. The van der Waals surface area contributed by atoms with E-state index in [0.717, 1.165) is 36.2 Å². The summed E-state index contributed by atoms with van der Waals surface area (Å²) in [6, 6.07) is 3.75. The van der Waals surface area contributed by atoms with E-state index in [4.69, 9.17) is 0 Å². The molecule has 0 bridgehead atoms. The molecule has 5 nitrogen and oxygen atoms in total. The summed E-state index contributed by atoms with van der Waals surface area (Å²) >= 11 is 0. The van der Waals surface area contributed by atoms with Crippen LogP contribution in [0.1, 0.15) is 23.1 Å². The minimum absolute atomic E-state index is 0.00783. The van der Waals surface area contributed by atoms with Gasteiger partial charge in [-0.15, -0.1) is 0 Å². The molecule has 118 valence electrons. The fourth-order valence-electron chi connectivity index (χ4n) is 2.86. The Balaban J connectivity index is 2.28. The lowest BCUT2D eigenvalue weighted by molar-refractivity contribution is 0.407. The zero-order chi connectivity index (χ0) is 15.6. The molecule has 0 saturated carbocycles. The van der Waals surface area contributed by atoms with Gasteiger partial charge in [0.2, 0.25) is 10.0 Å². The van der Waals surface area contributed by atoms with Gasteiger partial charge in [-0.25, -0.2) is 13.1 Å². The van der Waals surface area contributed by atoms with Gasteiger partial charge >= 0.3 is 0 Å². The normalized spacial score (nSPS) is 20.1. The molecule has 0 radical (unpaired) electrons. The second kappa shape index (κ2) is 6.44. The number of hydrogen-bond donors (Lipinski definition) is 2. The first-order valence-electron chi connectivity index (χ1n) is 7.29. The number of likely N-dealkylation sites (N-methyl/N-ethyl adjacent to an activating group) is 1. The van der Waals surface area contributed by atoms with Crippen molar-refractivity contribution in [3.05, 3.63) is 28.8 Å². The van der Waals surface area contributed by atoms with E-state index in [-0.39, 0.29) is 6.04 Å². The molecular formula is C15H25N3O2S. The van der Waals surface area contributed by atoms with Crippen LogP contribution in [0.25, 0.3) is 0 Å². The van der Waals surface area contributed by atoms with E-state index in [1.165, 1.54) is 0 Å². The van der Waals surface area contributed by atoms with Crippen molar-refractivity contribution in [2.24, 2.45) is 0 Å². The van der Waals surface area contributed by atoms with Gasteiger partial charge in [-0.3, -0.25) is 0 Å². The van der Waals surface area contributed by atoms with Gasteiger partial charge in [-0.1, -0.05) is 6.07 Å². The highest BCUT2D eigenvalue weighted by molar-refractivity contribution is 7.89. The Morgan fingerprint density at radius 1 is 1.29 bits per heavy atom. The molecule has 1 aromatic rings. The lowest BCUT2D eigenvalue weighted by Crippen LogP contribution is -2.36. The number of benzene rings is 1. The summed E-state index contributed by atoms with van der Waals surface area (Å²) < 4.78 is 28.1. The molecule has 1 saturated heterocycles. The highest BCUT2D eigenvalue weighted by Crippen LogP contribution is 2.21. The van der Waals surface area contributed by atoms with E-state index in [1.807, 2.05) is 34.0 Å². The summed E-state index contributed by atoms with van der Waals surface area (Å²) in [6.45, 7) is 6.24. The SMILES string of the molecule is CNCc1cc(S(=O)(=O)NC2CCN(C)C2)c(C)cc1C. The van der Waals surface area contributed by atoms with Gasteiger partial charge in [0.25, 0.3) is 0 Å². The van der Waals surface area contributed by atoms with Crippen molar-refractivity contribution in [1.29, 1.82) is 0 Å². The van der Waals surface area contributed by atoms with Crippen molar-refractivity contribution < 1.29 is 8.42 Å². The van der Waals surface area contributed by atoms with Crippen LogP contribution < -0.4 is 10.0 Å². The molecule has 1 atom stereocenters. The molecule has 1 aliphatic rings. The number of nitrogens with one attached hydrogen (secondary N) is 2. The maximum absolute atomic E-state index is 12.6. The summed E-state index contributed by atoms with van der Waals surface area (Å²) in [6.07, 6.45) is 0.865. The van der Waals surface area contributed by atoms with Crippen LogP contribution in [-0.2, 0) is 16.6 Å². The smallest absolute Gasteiger partial charge is 0.241 e. The van der Waals surface area contributed by atoms with Crippen molar-refractivity contribution in [3.63, 3.8) is 0 Å². The van der Waals surface area contributed by atoms with Crippen LogP contribution in [0.5, 0.6) is 0 Å². The molecule has 21 heavy (non-hydrogen) atoms. The Bertz CT molecular complexity index is 614. The van der Waals surface area contributed by atoms with Crippen molar-refractivity contribution in [2.45, 2.75) is 37.8 Å². The molecule has 0 aromatic heterocycles. The van der Waals surface area contributed by atoms with Crippen LogP contribution in [0.15, 0.2) is 17.0 Å². The van der Waals surface area contributed by atoms with Crippen LogP contribution in [0.3, 0.4) is 0 Å². The maximum Gasteiger partial charge on any atom is 0.241 e. The summed E-state index contributed by atoms with van der Waals surface area (Å²) in [5.74, 6) is 0. The molecule has 0 spiro atoms. The van der Waals surface area contributed by atoms with Crippen molar-refractivity contribution >= 4 is 10.0 Å². The Labute approximate surface area is 127 Å². The van der Waals surface area contributed by atoms with Crippen molar-refractivity contribution in [2.75, 3.05) is 27.2 Å². The second-order valence-corrected chi connectivity index (χ2v) is 7.63. The van der Waals surface area contributed by atoms with Gasteiger partial charge in [0.15, 0.2) is 0 Å². The van der Waals surface area contributed by atoms with Gasteiger partial charge in [0, 0.05) is 19.1 Å². The quantitative estimate of drug-likeness (QED) is 0.852. The second-order valence-electron chi connectivity index (χ2n) is 5.94. The predicted molar refractivity (Wildman–Crippen MR) is 84.9 cm³/mol. The Morgan fingerprint density at radius 3 is 2.57 bits per heavy atom. The zero-order valence-electron chi connectivity index (χ0n) is 13.2. The van der Waals surface area contributed by atoms with E-state index < -0.39 is 10.0 Å². The molecule has 1 fully saturated rings. The summed E-state index contributed by atoms with van der Waals surface area (Å²) in [5, 5.41) is 3.08. The third-order valence-corrected chi connectivity index (χ3v) is 5.67. The molecule has 6 heteroatoms. The number of nitrogens with zero attached hydrogens (tertiary/aromatic N) is 1. The van der Waals surface area contributed by atoms with E-state index in [1.54, 1.807) is 6.07 Å². The van der Waals surface area contributed by atoms with E-state index in [9.17, 15) is 8.42 Å². The Hall–Kier alpha value is -0.950. The highest BCUT2D eigenvalue weighted by Gasteiger charge is 2.26. The third-order valence-electron chi connectivity index (χ3n) is 4.00. The van der Waals surface area contributed by atoms with Crippen LogP contribution in [0.4, 0.5) is 0 Å². The van der Waals surface area contributed by atoms with E-state index in [2.05, 4.69) is 14.9 Å². The lowest BCUT2D eigenvalue weighted by Gasteiger charge is -2.16. The van der Waals surface area contributed by atoms with Crippen molar-refractivity contribution in [3.8, 4) is 0 Å². The van der Waals surface area contributed by atoms with Gasteiger partial charge in [0.05, 0.1) is 4.90 Å². The fraction of sp³-hybridized carbons (Fsp3) is 0.600. The number of hydrogen-bond acceptors (Lipinski definition) is 4. The lowest BCUT2D eigenvalue weighted by atomic mass is 10.1. The molecule has 0 aliphatic carbocycles. The highest BCUT2D eigenvalue weighted by atomic mass is 32.2. The number of likely N-dealkylation sites (tertiary alicyclic amines) is 1. The molecule has 1 aliphatic heterocycles. The minimum Gasteiger partial charge on any atom is -0.316 e. The van der Waals surface area contributed by atoms with E-state index >= 15 is 0 Å². The van der Waals surface area contributed by atoms with Crippen LogP contribution in [0.2, 0.25) is 0 Å². The van der Waals surface area contributed by atoms with Gasteiger partial charge in [-0.2, -0.15) is 0 Å². The third kappa shape index (κ3) is 3.83. The topological polar surface area (TPSA) is 61.4 Å². The van der Waals surface area contributed by atoms with Crippen LogP contribution in [0, 0.1) is 13.8 Å². The fourth-order valence-corrected chi connectivity index (χ4v) is 4.40. The first kappa shape index (κ1) is 16.4. The molecule has 2 rings (SSSR count). The van der Waals surface area contributed by atoms with Gasteiger partial charge in [0.1, 0.15) is 0 Å². The standard InChI is InChI=1S/C15H25N3O2S/c1-11-7-12(2)15(8-13(11)9-16-3)21(19,20)17-14-5-6-18(4)10-14/h7-8,14,16-17H,5-6,9-10H2,1-4H3. The molecule has 1 heterocycles. The molecule has 1 aromatic carbocycles. The number of aryl methyl sites for hydroxylation is 2. The average molecular weight is 311 g/mol. The maximum atomic E-state index is 12.6. The number of sulfonamides is 1. The summed E-state index contributed by atoms with van der Waals surface area (Å²) in [5.41, 5.74) is 2.93. The Kier molecular flexibility index (Phi) is 5.03. The average Bonchev–Trinajstić information content (AvgIpc) is 2.77. The first-order chi connectivity index (χ1) is 9.83. The van der Waals surface area contributed by atoms with Crippen LogP contribution >= 0.6 is 0 Å². The van der Waals surface area contributed by atoms with Crippen molar-refractivity contribution in [1.82, 2.24) is 14.9 Å². The molecule has 1 unspecified atom stereocenters. The summed E-state index contributed by atoms with van der Waals surface area (Å²) in [4.78, 5) is 2.54. The minimum atomic E-state index is -3.46. The zero-order valence-corrected chi connectivity index (χ0v) is 14.0. The summed E-state index contributed by atoms with van der Waals surface area (Å²) in [7, 11) is 0.412. The van der Waals surface area contributed by atoms with Gasteiger partial charge < -0.3 is 10.2 Å². The first-order valence-corrected chi connectivity index (χ1v) is 8.77.